The molecule has 1 N–H and O–H groups in total. The summed E-state index contributed by atoms with van der Waals surface area (Å²) in [4.78, 5) is 10.6. The molecule has 0 unspecified atom stereocenters. The predicted octanol–water partition coefficient (Wildman–Crippen LogP) is 2.84. The van der Waals surface area contributed by atoms with E-state index in [0.717, 1.165) is 12.8 Å². The monoisotopic (exact) mass is 170 g/mol. The summed E-state index contributed by atoms with van der Waals surface area (Å²) in [5.74, 6) is -0.192. The molecule has 0 aromatic heterocycles. The van der Waals surface area contributed by atoms with Crippen molar-refractivity contribution in [3.8, 4) is 0 Å². The summed E-state index contributed by atoms with van der Waals surface area (Å²) in [6.45, 7) is 6.16. The fourth-order valence-corrected chi connectivity index (χ4v) is 0.987. The number of carboxylic acid groups (broad SMARTS) is 1. The Bertz CT molecular complexity index is 169. The lowest BCUT2D eigenvalue weighted by molar-refractivity contribution is -0.132. The van der Waals surface area contributed by atoms with Crippen molar-refractivity contribution in [1.29, 1.82) is 0 Å². The van der Waals surface area contributed by atoms with Crippen LogP contribution in [0.5, 0.6) is 0 Å². The maximum Gasteiger partial charge on any atom is 0.331 e. The highest BCUT2D eigenvalue weighted by Crippen LogP contribution is 2.12. The molecule has 2 nitrogen and oxygen atoms in total. The minimum Gasteiger partial charge on any atom is -0.478 e. The third-order valence-corrected chi connectivity index (χ3v) is 1.72. The Balaban J connectivity index is 3.97. The van der Waals surface area contributed by atoms with Crippen molar-refractivity contribution >= 4 is 5.97 Å². The topological polar surface area (TPSA) is 37.3 Å². The van der Waals surface area contributed by atoms with Crippen LogP contribution in [0, 0.1) is 5.92 Å². The van der Waals surface area contributed by atoms with Gasteiger partial charge in [-0.25, -0.2) is 4.79 Å². The van der Waals surface area contributed by atoms with Crippen LogP contribution in [-0.4, -0.2) is 11.1 Å². The molecule has 0 heterocycles. The standard InChI is InChI=1S/C10H18O2/c1-4-5-9(10(11)12)7-6-8(2)3/h5,8H,4,6-7H2,1-3H3,(H,11,12). The average Bonchev–Trinajstić information content (AvgIpc) is 1.96. The van der Waals surface area contributed by atoms with Gasteiger partial charge in [-0.15, -0.1) is 0 Å². The minimum atomic E-state index is -0.766. The van der Waals surface area contributed by atoms with Crippen molar-refractivity contribution in [2.75, 3.05) is 0 Å². The Morgan fingerprint density at radius 1 is 1.50 bits per heavy atom. The fourth-order valence-electron chi connectivity index (χ4n) is 0.987. The van der Waals surface area contributed by atoms with E-state index in [1.165, 1.54) is 0 Å². The van der Waals surface area contributed by atoms with Gasteiger partial charge < -0.3 is 5.11 Å². The molecule has 0 aromatic carbocycles. The molecule has 0 aromatic rings. The molecule has 2 heteroatoms. The van der Waals surface area contributed by atoms with Crippen molar-refractivity contribution in [2.45, 2.75) is 40.0 Å². The molecule has 70 valence electrons. The lowest BCUT2D eigenvalue weighted by Crippen LogP contribution is -2.02. The van der Waals surface area contributed by atoms with Gasteiger partial charge in [0.15, 0.2) is 0 Å². The summed E-state index contributed by atoms with van der Waals surface area (Å²) in [5.41, 5.74) is 0.561. The smallest absolute Gasteiger partial charge is 0.331 e. The van der Waals surface area contributed by atoms with Crippen LogP contribution >= 0.6 is 0 Å². The van der Waals surface area contributed by atoms with Crippen LogP contribution in [0.15, 0.2) is 11.6 Å². The summed E-state index contributed by atoms with van der Waals surface area (Å²) in [5, 5.41) is 8.75. The molecule has 0 atom stereocenters. The molecular weight excluding hydrogens is 152 g/mol. The maximum absolute atomic E-state index is 10.6. The van der Waals surface area contributed by atoms with Crippen LogP contribution in [0.3, 0.4) is 0 Å². The third kappa shape index (κ3) is 4.94. The van der Waals surface area contributed by atoms with Crippen LogP contribution < -0.4 is 0 Å². The predicted molar refractivity (Wildman–Crippen MR) is 50.1 cm³/mol. The minimum absolute atomic E-state index is 0.561. The SMILES string of the molecule is CCC=C(CCC(C)C)C(=O)O. The summed E-state index contributed by atoms with van der Waals surface area (Å²) in [6.07, 6.45) is 4.25. The molecule has 0 saturated carbocycles. The molecule has 0 aliphatic heterocycles. The van der Waals surface area contributed by atoms with Crippen LogP contribution in [-0.2, 0) is 4.79 Å². The molecule has 0 radical (unpaired) electrons. The van der Waals surface area contributed by atoms with E-state index >= 15 is 0 Å². The van der Waals surface area contributed by atoms with E-state index in [9.17, 15) is 4.79 Å². The number of rotatable bonds is 5. The third-order valence-electron chi connectivity index (χ3n) is 1.72. The Kier molecular flexibility index (Phi) is 5.43. The summed E-state index contributed by atoms with van der Waals surface area (Å²) >= 11 is 0. The van der Waals surface area contributed by atoms with Gasteiger partial charge in [-0.05, 0) is 25.2 Å². The number of carboxylic acids is 1. The van der Waals surface area contributed by atoms with Gasteiger partial charge in [0.2, 0.25) is 0 Å². The second-order valence-electron chi connectivity index (χ2n) is 3.38. The van der Waals surface area contributed by atoms with E-state index in [1.54, 1.807) is 6.08 Å². The van der Waals surface area contributed by atoms with E-state index in [2.05, 4.69) is 13.8 Å². The highest BCUT2D eigenvalue weighted by atomic mass is 16.4. The first-order valence-electron chi connectivity index (χ1n) is 4.50. The zero-order chi connectivity index (χ0) is 9.56. The molecule has 0 spiro atoms. The highest BCUT2D eigenvalue weighted by Gasteiger charge is 2.06. The highest BCUT2D eigenvalue weighted by molar-refractivity contribution is 5.86. The first-order valence-corrected chi connectivity index (χ1v) is 4.50. The van der Waals surface area contributed by atoms with Crippen molar-refractivity contribution in [3.05, 3.63) is 11.6 Å². The number of aliphatic carboxylic acids is 1. The largest absolute Gasteiger partial charge is 0.478 e. The molecule has 0 aliphatic carbocycles. The number of hydrogen-bond acceptors (Lipinski definition) is 1. The maximum atomic E-state index is 10.6. The average molecular weight is 170 g/mol. The first-order chi connectivity index (χ1) is 5.57. The van der Waals surface area contributed by atoms with Crippen LogP contribution in [0.1, 0.15) is 40.0 Å². The second kappa shape index (κ2) is 5.81. The van der Waals surface area contributed by atoms with Crippen molar-refractivity contribution in [1.82, 2.24) is 0 Å². The van der Waals surface area contributed by atoms with Gasteiger partial charge in [0, 0.05) is 5.57 Å². The molecule has 12 heavy (non-hydrogen) atoms. The fraction of sp³-hybridized carbons (Fsp3) is 0.700. The molecule has 0 rings (SSSR count). The van der Waals surface area contributed by atoms with E-state index < -0.39 is 5.97 Å². The number of hydrogen-bond donors (Lipinski definition) is 1. The van der Waals surface area contributed by atoms with Gasteiger partial charge in [-0.1, -0.05) is 26.8 Å². The number of allylic oxidation sites excluding steroid dienone is 1. The lowest BCUT2D eigenvalue weighted by atomic mass is 10.0. The van der Waals surface area contributed by atoms with Crippen LogP contribution in [0.2, 0.25) is 0 Å². The molecular formula is C10H18O2. The molecule has 0 fully saturated rings. The van der Waals surface area contributed by atoms with E-state index in [0.29, 0.717) is 17.9 Å². The van der Waals surface area contributed by atoms with E-state index in [1.807, 2.05) is 6.92 Å². The van der Waals surface area contributed by atoms with Gasteiger partial charge in [0.25, 0.3) is 0 Å². The van der Waals surface area contributed by atoms with Gasteiger partial charge in [-0.2, -0.15) is 0 Å². The molecule has 0 aliphatic rings. The van der Waals surface area contributed by atoms with Gasteiger partial charge in [0.1, 0.15) is 0 Å². The van der Waals surface area contributed by atoms with Gasteiger partial charge >= 0.3 is 5.97 Å². The van der Waals surface area contributed by atoms with Gasteiger partial charge in [0.05, 0.1) is 0 Å². The van der Waals surface area contributed by atoms with E-state index in [4.69, 9.17) is 5.11 Å². The molecule has 0 bridgehead atoms. The van der Waals surface area contributed by atoms with Gasteiger partial charge in [-0.3, -0.25) is 0 Å². The summed E-state index contributed by atoms with van der Waals surface area (Å²) in [7, 11) is 0. The van der Waals surface area contributed by atoms with Crippen molar-refractivity contribution in [3.63, 3.8) is 0 Å². The van der Waals surface area contributed by atoms with Crippen LogP contribution in [0.25, 0.3) is 0 Å². The van der Waals surface area contributed by atoms with Crippen molar-refractivity contribution < 1.29 is 9.90 Å². The summed E-state index contributed by atoms with van der Waals surface area (Å²) < 4.78 is 0. The quantitative estimate of drug-likeness (QED) is 0.644. The van der Waals surface area contributed by atoms with E-state index in [-0.39, 0.29) is 0 Å². The first kappa shape index (κ1) is 11.2. The summed E-state index contributed by atoms with van der Waals surface area (Å²) in [6, 6.07) is 0. The Morgan fingerprint density at radius 3 is 2.42 bits per heavy atom. The second-order valence-corrected chi connectivity index (χ2v) is 3.38. The van der Waals surface area contributed by atoms with Crippen molar-refractivity contribution in [2.24, 2.45) is 5.92 Å². The Labute approximate surface area is 74.3 Å². The Morgan fingerprint density at radius 2 is 2.08 bits per heavy atom. The zero-order valence-corrected chi connectivity index (χ0v) is 8.13. The lowest BCUT2D eigenvalue weighted by Gasteiger charge is -2.04. The Hall–Kier alpha value is -0.790. The molecule has 0 saturated heterocycles. The zero-order valence-electron chi connectivity index (χ0n) is 8.13. The number of carbonyl (C=O) groups is 1. The molecule has 0 amide bonds. The van der Waals surface area contributed by atoms with Crippen LogP contribution in [0.4, 0.5) is 0 Å². The normalized spacial score (nSPS) is 12.2.